The predicted molar refractivity (Wildman–Crippen MR) is 83.7 cm³/mol. The highest BCUT2D eigenvalue weighted by Gasteiger charge is 2.08. The van der Waals surface area contributed by atoms with Crippen LogP contribution >= 0.6 is 11.3 Å². The summed E-state index contributed by atoms with van der Waals surface area (Å²) in [6.07, 6.45) is 0. The van der Waals surface area contributed by atoms with E-state index >= 15 is 0 Å². The smallest absolute Gasteiger partial charge is 0.161 e. The van der Waals surface area contributed by atoms with Crippen molar-refractivity contribution in [3.05, 3.63) is 46.2 Å². The number of ether oxygens (including phenoxy) is 2. The van der Waals surface area contributed by atoms with Crippen LogP contribution in [0.25, 0.3) is 0 Å². The van der Waals surface area contributed by atoms with Crippen LogP contribution in [0, 0.1) is 0 Å². The minimum absolute atomic E-state index is 0.346. The van der Waals surface area contributed by atoms with Crippen molar-refractivity contribution in [2.75, 3.05) is 13.7 Å². The van der Waals surface area contributed by atoms with Gasteiger partial charge in [0.2, 0.25) is 0 Å². The molecule has 0 saturated heterocycles. The zero-order valence-corrected chi connectivity index (χ0v) is 13.0. The van der Waals surface area contributed by atoms with Gasteiger partial charge in [-0.2, -0.15) is 11.3 Å². The van der Waals surface area contributed by atoms with Crippen LogP contribution in [0.4, 0.5) is 0 Å². The first-order valence-electron chi connectivity index (χ1n) is 6.79. The van der Waals surface area contributed by atoms with E-state index in [1.807, 2.05) is 19.1 Å². The SMILES string of the molecule is CCOc1ccc(CNC(C)c2ccsc2)cc1OC. The van der Waals surface area contributed by atoms with Gasteiger partial charge < -0.3 is 14.8 Å². The molecule has 0 aliphatic carbocycles. The Balaban J connectivity index is 1.99. The van der Waals surface area contributed by atoms with Crippen molar-refractivity contribution < 1.29 is 9.47 Å². The van der Waals surface area contributed by atoms with Gasteiger partial charge in [-0.3, -0.25) is 0 Å². The van der Waals surface area contributed by atoms with Crippen LogP contribution < -0.4 is 14.8 Å². The second-order valence-corrected chi connectivity index (χ2v) is 5.36. The van der Waals surface area contributed by atoms with Gasteiger partial charge in [0.25, 0.3) is 0 Å². The highest BCUT2D eigenvalue weighted by Crippen LogP contribution is 2.28. The number of hydrogen-bond acceptors (Lipinski definition) is 4. The Bertz CT molecular complexity index is 525. The van der Waals surface area contributed by atoms with Gasteiger partial charge in [0, 0.05) is 12.6 Å². The summed E-state index contributed by atoms with van der Waals surface area (Å²) < 4.78 is 10.9. The van der Waals surface area contributed by atoms with E-state index in [4.69, 9.17) is 9.47 Å². The van der Waals surface area contributed by atoms with Crippen molar-refractivity contribution in [2.24, 2.45) is 0 Å². The highest BCUT2D eigenvalue weighted by atomic mass is 32.1. The van der Waals surface area contributed by atoms with Crippen LogP contribution in [0.3, 0.4) is 0 Å². The van der Waals surface area contributed by atoms with Crippen molar-refractivity contribution >= 4 is 11.3 Å². The quantitative estimate of drug-likeness (QED) is 0.836. The minimum Gasteiger partial charge on any atom is -0.493 e. The molecule has 4 heteroatoms. The largest absolute Gasteiger partial charge is 0.493 e. The van der Waals surface area contributed by atoms with Crippen LogP contribution in [0.1, 0.15) is 31.0 Å². The molecule has 0 saturated carbocycles. The fourth-order valence-electron chi connectivity index (χ4n) is 2.01. The predicted octanol–water partition coefficient (Wildman–Crippen LogP) is 4.01. The van der Waals surface area contributed by atoms with Crippen LogP contribution in [0.5, 0.6) is 11.5 Å². The number of benzene rings is 1. The Morgan fingerprint density at radius 1 is 1.25 bits per heavy atom. The first-order chi connectivity index (χ1) is 9.74. The van der Waals surface area contributed by atoms with Crippen LogP contribution in [0.15, 0.2) is 35.0 Å². The van der Waals surface area contributed by atoms with Crippen molar-refractivity contribution in [3.8, 4) is 11.5 Å². The number of methoxy groups -OCH3 is 1. The molecule has 0 fully saturated rings. The molecule has 2 rings (SSSR count). The fraction of sp³-hybridized carbons (Fsp3) is 0.375. The lowest BCUT2D eigenvalue weighted by molar-refractivity contribution is 0.310. The molecule has 1 aromatic carbocycles. The van der Waals surface area contributed by atoms with E-state index in [0.717, 1.165) is 18.0 Å². The van der Waals surface area contributed by atoms with Crippen LogP contribution in [-0.4, -0.2) is 13.7 Å². The van der Waals surface area contributed by atoms with Gasteiger partial charge in [-0.05, 0) is 53.9 Å². The molecule has 0 bridgehead atoms. The summed E-state index contributed by atoms with van der Waals surface area (Å²) >= 11 is 1.73. The topological polar surface area (TPSA) is 30.5 Å². The maximum absolute atomic E-state index is 5.52. The fourth-order valence-corrected chi connectivity index (χ4v) is 2.76. The van der Waals surface area contributed by atoms with Crippen molar-refractivity contribution in [3.63, 3.8) is 0 Å². The molecule has 0 spiro atoms. The monoisotopic (exact) mass is 291 g/mol. The third-order valence-electron chi connectivity index (χ3n) is 3.18. The molecule has 20 heavy (non-hydrogen) atoms. The van der Waals surface area contributed by atoms with Gasteiger partial charge in [-0.1, -0.05) is 6.07 Å². The molecule has 1 unspecified atom stereocenters. The maximum Gasteiger partial charge on any atom is 0.161 e. The molecule has 1 aromatic heterocycles. The summed E-state index contributed by atoms with van der Waals surface area (Å²) in [7, 11) is 1.67. The van der Waals surface area contributed by atoms with E-state index in [-0.39, 0.29) is 0 Å². The summed E-state index contributed by atoms with van der Waals surface area (Å²) in [5, 5.41) is 7.80. The molecule has 0 amide bonds. The Labute approximate surface area is 124 Å². The third kappa shape index (κ3) is 3.74. The average molecular weight is 291 g/mol. The molecular formula is C16H21NO2S. The van der Waals surface area contributed by atoms with Crippen LogP contribution in [0.2, 0.25) is 0 Å². The van der Waals surface area contributed by atoms with Gasteiger partial charge in [-0.15, -0.1) is 0 Å². The van der Waals surface area contributed by atoms with Crippen molar-refractivity contribution in [2.45, 2.75) is 26.4 Å². The third-order valence-corrected chi connectivity index (χ3v) is 3.88. The van der Waals surface area contributed by atoms with Crippen LogP contribution in [-0.2, 0) is 6.54 Å². The van der Waals surface area contributed by atoms with E-state index in [2.05, 4.69) is 35.1 Å². The highest BCUT2D eigenvalue weighted by molar-refractivity contribution is 7.07. The summed E-state index contributed by atoms with van der Waals surface area (Å²) in [6, 6.07) is 8.56. The standard InChI is InChI=1S/C16H21NO2S/c1-4-19-15-6-5-13(9-16(15)18-3)10-17-12(2)14-7-8-20-11-14/h5-9,11-12,17H,4,10H2,1-3H3. The minimum atomic E-state index is 0.346. The molecule has 0 aliphatic rings. The number of rotatable bonds is 7. The zero-order chi connectivity index (χ0) is 14.4. The average Bonchev–Trinajstić information content (AvgIpc) is 3.00. The molecule has 1 N–H and O–H groups in total. The summed E-state index contributed by atoms with van der Waals surface area (Å²) in [5.41, 5.74) is 2.51. The molecule has 1 atom stereocenters. The molecule has 0 aliphatic heterocycles. The van der Waals surface area contributed by atoms with E-state index in [1.165, 1.54) is 11.1 Å². The van der Waals surface area contributed by atoms with E-state index in [0.29, 0.717) is 12.6 Å². The van der Waals surface area contributed by atoms with Crippen molar-refractivity contribution in [1.29, 1.82) is 0 Å². The normalized spacial score (nSPS) is 12.2. The van der Waals surface area contributed by atoms with Gasteiger partial charge in [-0.25, -0.2) is 0 Å². The van der Waals surface area contributed by atoms with Gasteiger partial charge in [0.1, 0.15) is 0 Å². The number of hydrogen-bond donors (Lipinski definition) is 1. The second kappa shape index (κ2) is 7.31. The Kier molecular flexibility index (Phi) is 5.44. The Morgan fingerprint density at radius 3 is 2.75 bits per heavy atom. The maximum atomic E-state index is 5.52. The summed E-state index contributed by atoms with van der Waals surface area (Å²) in [6.45, 7) is 5.59. The molecule has 0 radical (unpaired) electrons. The second-order valence-electron chi connectivity index (χ2n) is 4.58. The Hall–Kier alpha value is -1.52. The lowest BCUT2D eigenvalue weighted by atomic mass is 10.1. The summed E-state index contributed by atoms with van der Waals surface area (Å²) in [4.78, 5) is 0. The first kappa shape index (κ1) is 14.9. The van der Waals surface area contributed by atoms with Crippen molar-refractivity contribution in [1.82, 2.24) is 5.32 Å². The molecular weight excluding hydrogens is 270 g/mol. The molecule has 108 valence electrons. The van der Waals surface area contributed by atoms with Gasteiger partial charge in [0.05, 0.1) is 13.7 Å². The lowest BCUT2D eigenvalue weighted by Crippen LogP contribution is -2.17. The van der Waals surface area contributed by atoms with E-state index in [1.54, 1.807) is 18.4 Å². The first-order valence-corrected chi connectivity index (χ1v) is 7.74. The molecule has 1 heterocycles. The lowest BCUT2D eigenvalue weighted by Gasteiger charge is -2.14. The van der Waals surface area contributed by atoms with Gasteiger partial charge >= 0.3 is 0 Å². The van der Waals surface area contributed by atoms with E-state index < -0.39 is 0 Å². The summed E-state index contributed by atoms with van der Waals surface area (Å²) in [5.74, 6) is 1.58. The molecule has 2 aromatic rings. The molecule has 3 nitrogen and oxygen atoms in total. The number of thiophene rings is 1. The zero-order valence-electron chi connectivity index (χ0n) is 12.2. The number of nitrogens with one attached hydrogen (secondary N) is 1. The van der Waals surface area contributed by atoms with E-state index in [9.17, 15) is 0 Å². The Morgan fingerprint density at radius 2 is 2.10 bits per heavy atom. The van der Waals surface area contributed by atoms with Gasteiger partial charge in [0.15, 0.2) is 11.5 Å².